The first-order chi connectivity index (χ1) is 15.4. The van der Waals surface area contributed by atoms with Gasteiger partial charge in [-0.05, 0) is 82.8 Å². The van der Waals surface area contributed by atoms with Gasteiger partial charge >= 0.3 is 5.97 Å². The molecule has 6 heteroatoms. The number of ether oxygens (including phenoxy) is 2. The molecule has 0 saturated carbocycles. The third-order valence-corrected chi connectivity index (χ3v) is 5.64. The number of fused-ring (bicyclic) bond motifs is 1. The maximum atomic E-state index is 13.8. The number of allylic oxidation sites excluding steroid dienone is 2. The van der Waals surface area contributed by atoms with Crippen LogP contribution in [-0.4, -0.2) is 18.2 Å². The summed E-state index contributed by atoms with van der Waals surface area (Å²) in [5.74, 6) is 0.434. The van der Waals surface area contributed by atoms with Crippen LogP contribution in [0.1, 0.15) is 30.0 Å². The van der Waals surface area contributed by atoms with E-state index in [0.717, 1.165) is 22.3 Å². The molecule has 3 aromatic carbocycles. The molecule has 3 aromatic rings. The summed E-state index contributed by atoms with van der Waals surface area (Å²) in [7, 11) is 1.54. The maximum Gasteiger partial charge on any atom is 0.307 e. The number of carbonyl (C=O) groups is 1. The highest BCUT2D eigenvalue weighted by Crippen LogP contribution is 2.44. The smallest absolute Gasteiger partial charge is 0.307 e. The summed E-state index contributed by atoms with van der Waals surface area (Å²) < 4.78 is 24.9. The fraction of sp³-hybridized carbons (Fsp3) is 0.115. The Morgan fingerprint density at radius 2 is 1.75 bits per heavy atom. The van der Waals surface area contributed by atoms with Crippen molar-refractivity contribution in [2.45, 2.75) is 13.3 Å². The second-order valence-corrected chi connectivity index (χ2v) is 7.80. The lowest BCUT2D eigenvalue weighted by atomic mass is 10.0. The van der Waals surface area contributed by atoms with Crippen LogP contribution in [-0.2, 0) is 4.79 Å². The van der Waals surface area contributed by atoms with Gasteiger partial charge in [0, 0.05) is 6.07 Å². The maximum absolute atomic E-state index is 13.8. The summed E-state index contributed by atoms with van der Waals surface area (Å²) in [6.07, 6.45) is 1.81. The Kier molecular flexibility index (Phi) is 6.01. The van der Waals surface area contributed by atoms with E-state index in [1.165, 1.54) is 12.1 Å². The van der Waals surface area contributed by atoms with Gasteiger partial charge in [-0.25, -0.2) is 4.39 Å². The van der Waals surface area contributed by atoms with E-state index in [2.05, 4.69) is 0 Å². The quantitative estimate of drug-likeness (QED) is 0.436. The Labute approximate surface area is 190 Å². The van der Waals surface area contributed by atoms with E-state index in [0.29, 0.717) is 33.4 Å². The van der Waals surface area contributed by atoms with Crippen LogP contribution in [0.15, 0.2) is 66.2 Å². The zero-order valence-corrected chi connectivity index (χ0v) is 18.2. The number of halogens is 2. The first-order valence-electron chi connectivity index (χ1n) is 9.91. The molecule has 0 unspecified atom stereocenters. The van der Waals surface area contributed by atoms with E-state index >= 15 is 0 Å². The van der Waals surface area contributed by atoms with Crippen LogP contribution >= 0.6 is 11.6 Å². The van der Waals surface area contributed by atoms with Gasteiger partial charge < -0.3 is 14.6 Å². The van der Waals surface area contributed by atoms with Gasteiger partial charge in [0.15, 0.2) is 0 Å². The first-order valence-corrected chi connectivity index (χ1v) is 10.3. The van der Waals surface area contributed by atoms with Crippen LogP contribution in [0.2, 0.25) is 5.02 Å². The Balaban J connectivity index is 1.63. The van der Waals surface area contributed by atoms with E-state index in [9.17, 15) is 14.3 Å². The van der Waals surface area contributed by atoms with Crippen molar-refractivity contribution in [2.75, 3.05) is 7.11 Å². The number of carboxylic acid groups (broad SMARTS) is 1. The third kappa shape index (κ3) is 4.39. The predicted molar refractivity (Wildman–Crippen MR) is 124 cm³/mol. The molecule has 0 atom stereocenters. The Morgan fingerprint density at radius 1 is 1.03 bits per heavy atom. The van der Waals surface area contributed by atoms with Gasteiger partial charge in [0.1, 0.15) is 23.1 Å². The number of hydrogen-bond acceptors (Lipinski definition) is 3. The highest BCUT2D eigenvalue weighted by Gasteiger charge is 2.25. The summed E-state index contributed by atoms with van der Waals surface area (Å²) in [4.78, 5) is 11.3. The van der Waals surface area contributed by atoms with Crippen molar-refractivity contribution in [1.29, 1.82) is 0 Å². The molecule has 1 N–H and O–H groups in total. The van der Waals surface area contributed by atoms with E-state index in [-0.39, 0.29) is 12.2 Å². The number of methoxy groups -OCH3 is 1. The third-order valence-electron chi connectivity index (χ3n) is 5.33. The topological polar surface area (TPSA) is 55.8 Å². The second-order valence-electron chi connectivity index (χ2n) is 7.39. The Bertz CT molecular complexity index is 1260. The van der Waals surface area contributed by atoms with Crippen LogP contribution in [0.3, 0.4) is 0 Å². The van der Waals surface area contributed by atoms with E-state index in [1.807, 2.05) is 37.3 Å². The minimum absolute atomic E-state index is 0.156. The normalized spacial score (nSPS) is 13.9. The molecule has 0 amide bonds. The first kappa shape index (κ1) is 21.7. The standard InChI is InChI=1S/C26H20ClFO4/c1-15-21(20-9-5-17(28)12-23(20)22(15)14-26(29)30)11-16-3-6-18(7-4-16)32-19-8-10-24(27)25(13-19)31-2/h3-13H,14H2,1-2H3,(H,29,30)/b21-11-. The largest absolute Gasteiger partial charge is 0.495 e. The van der Waals surface area contributed by atoms with Crippen LogP contribution in [0.25, 0.3) is 17.2 Å². The number of carboxylic acids is 1. The van der Waals surface area contributed by atoms with Crippen molar-refractivity contribution in [3.63, 3.8) is 0 Å². The van der Waals surface area contributed by atoms with Gasteiger partial charge in [0.25, 0.3) is 0 Å². The second kappa shape index (κ2) is 8.89. The molecule has 0 spiro atoms. The van der Waals surface area contributed by atoms with Crippen molar-refractivity contribution >= 4 is 34.8 Å². The molecule has 0 fully saturated rings. The molecular weight excluding hydrogens is 431 g/mol. The summed E-state index contributed by atoms with van der Waals surface area (Å²) >= 11 is 6.05. The molecule has 4 nitrogen and oxygen atoms in total. The van der Waals surface area contributed by atoms with Crippen LogP contribution < -0.4 is 9.47 Å². The molecule has 0 bridgehead atoms. The van der Waals surface area contributed by atoms with Crippen molar-refractivity contribution < 1.29 is 23.8 Å². The zero-order valence-electron chi connectivity index (χ0n) is 17.5. The average molecular weight is 451 g/mol. The number of benzene rings is 3. The van der Waals surface area contributed by atoms with Crippen LogP contribution in [0.4, 0.5) is 4.39 Å². The van der Waals surface area contributed by atoms with E-state index < -0.39 is 5.97 Å². The highest BCUT2D eigenvalue weighted by molar-refractivity contribution is 6.32. The molecule has 0 radical (unpaired) electrons. The fourth-order valence-corrected chi connectivity index (χ4v) is 3.97. The van der Waals surface area contributed by atoms with Gasteiger partial charge in [-0.1, -0.05) is 29.8 Å². The van der Waals surface area contributed by atoms with Gasteiger partial charge in [0.05, 0.1) is 18.6 Å². The highest BCUT2D eigenvalue weighted by atomic mass is 35.5. The molecule has 1 aliphatic carbocycles. The lowest BCUT2D eigenvalue weighted by molar-refractivity contribution is -0.135. The van der Waals surface area contributed by atoms with Gasteiger partial charge in [-0.2, -0.15) is 0 Å². The average Bonchev–Trinajstić information content (AvgIpc) is 3.01. The molecule has 162 valence electrons. The molecule has 0 heterocycles. The number of aliphatic carboxylic acids is 1. The monoisotopic (exact) mass is 450 g/mol. The molecule has 0 aromatic heterocycles. The summed E-state index contributed by atoms with van der Waals surface area (Å²) in [6, 6.07) is 17.1. The minimum Gasteiger partial charge on any atom is -0.495 e. The SMILES string of the molecule is COc1cc(Oc2ccc(/C=C3/C(C)=C(CC(=O)O)c4cc(F)ccc43)cc2)ccc1Cl. The van der Waals surface area contributed by atoms with E-state index in [1.54, 1.807) is 31.4 Å². The predicted octanol–water partition coefficient (Wildman–Crippen LogP) is 7.08. The van der Waals surface area contributed by atoms with Gasteiger partial charge in [0.2, 0.25) is 0 Å². The minimum atomic E-state index is -0.948. The van der Waals surface area contributed by atoms with Gasteiger partial charge in [-0.15, -0.1) is 0 Å². The molecule has 0 saturated heterocycles. The Morgan fingerprint density at radius 3 is 2.44 bits per heavy atom. The molecule has 0 aliphatic heterocycles. The summed E-state index contributed by atoms with van der Waals surface area (Å²) in [6.45, 7) is 1.87. The van der Waals surface area contributed by atoms with Gasteiger partial charge in [-0.3, -0.25) is 4.79 Å². The number of hydrogen-bond donors (Lipinski definition) is 1. The van der Waals surface area contributed by atoms with Crippen molar-refractivity contribution in [1.82, 2.24) is 0 Å². The molecular formula is C26H20ClFO4. The summed E-state index contributed by atoms with van der Waals surface area (Å²) in [5.41, 5.74) is 4.72. The lowest BCUT2D eigenvalue weighted by Gasteiger charge is -2.09. The van der Waals surface area contributed by atoms with Crippen LogP contribution in [0, 0.1) is 5.82 Å². The summed E-state index contributed by atoms with van der Waals surface area (Å²) in [5, 5.41) is 9.79. The van der Waals surface area contributed by atoms with Crippen molar-refractivity contribution in [2.24, 2.45) is 0 Å². The number of rotatable bonds is 6. The molecule has 32 heavy (non-hydrogen) atoms. The fourth-order valence-electron chi connectivity index (χ4n) is 3.77. The molecule has 4 rings (SSSR count). The van der Waals surface area contributed by atoms with Crippen LogP contribution in [0.5, 0.6) is 17.2 Å². The van der Waals surface area contributed by atoms with Crippen molar-refractivity contribution in [3.8, 4) is 17.2 Å². The zero-order chi connectivity index (χ0) is 22.8. The lowest BCUT2D eigenvalue weighted by Crippen LogP contribution is -1.97. The van der Waals surface area contributed by atoms with E-state index in [4.69, 9.17) is 21.1 Å². The van der Waals surface area contributed by atoms with Crippen molar-refractivity contribution in [3.05, 3.63) is 93.8 Å². The Hall–Kier alpha value is -3.57. The molecule has 1 aliphatic rings.